The zero-order chi connectivity index (χ0) is 10.5. The monoisotopic (exact) mass is 332 g/mol. The van der Waals surface area contributed by atoms with E-state index in [4.69, 9.17) is 0 Å². The molecular weight excluding hydrogens is 315 g/mol. The topological polar surface area (TPSA) is 40.5 Å². The Kier molecular flexibility index (Phi) is 5.51. The number of nitrogens with zero attached hydrogens (tertiary/aromatic N) is 3. The van der Waals surface area contributed by atoms with E-state index in [1.807, 2.05) is 24.4 Å². The molecule has 0 saturated carbocycles. The summed E-state index contributed by atoms with van der Waals surface area (Å²) < 4.78 is 0. The van der Waals surface area contributed by atoms with Gasteiger partial charge in [-0.3, -0.25) is 9.98 Å². The van der Waals surface area contributed by atoms with Crippen LogP contribution in [0, 0.1) is 0 Å². The van der Waals surface area contributed by atoms with Crippen molar-refractivity contribution in [1.29, 1.82) is 0 Å². The minimum Gasteiger partial charge on any atom is -0.356 e. The Morgan fingerprint density at radius 1 is 1.44 bits per heavy atom. The summed E-state index contributed by atoms with van der Waals surface area (Å²) in [7, 11) is 2.06. The van der Waals surface area contributed by atoms with Crippen LogP contribution in [0.3, 0.4) is 0 Å². The second-order valence-electron chi connectivity index (χ2n) is 3.62. The molecule has 0 amide bonds. The molecule has 1 aromatic heterocycles. The molecule has 2 heterocycles. The number of aromatic nitrogens is 1. The summed E-state index contributed by atoms with van der Waals surface area (Å²) in [6.07, 6.45) is 2.77. The first kappa shape index (κ1) is 13.2. The average Bonchev–Trinajstić information content (AvgIpc) is 2.66. The number of nitrogens with one attached hydrogen (secondary N) is 1. The van der Waals surface area contributed by atoms with Crippen molar-refractivity contribution < 1.29 is 0 Å². The zero-order valence-electron chi connectivity index (χ0n) is 9.39. The molecule has 0 saturated heterocycles. The maximum Gasteiger partial charge on any atom is 0.193 e. The van der Waals surface area contributed by atoms with Crippen LogP contribution < -0.4 is 5.32 Å². The molecule has 5 heteroatoms. The van der Waals surface area contributed by atoms with E-state index in [1.54, 1.807) is 0 Å². The minimum absolute atomic E-state index is 0. The zero-order valence-corrected chi connectivity index (χ0v) is 11.7. The predicted molar refractivity (Wildman–Crippen MR) is 76.3 cm³/mol. The van der Waals surface area contributed by atoms with Gasteiger partial charge in [-0.25, -0.2) is 0 Å². The van der Waals surface area contributed by atoms with Gasteiger partial charge in [0, 0.05) is 38.4 Å². The summed E-state index contributed by atoms with van der Waals surface area (Å²) in [5, 5.41) is 3.32. The molecule has 0 unspecified atom stereocenters. The normalized spacial score (nSPS) is 14.3. The van der Waals surface area contributed by atoms with Crippen LogP contribution in [0.4, 0.5) is 0 Å². The van der Waals surface area contributed by atoms with Gasteiger partial charge in [0.15, 0.2) is 5.96 Å². The van der Waals surface area contributed by atoms with E-state index in [9.17, 15) is 0 Å². The van der Waals surface area contributed by atoms with Gasteiger partial charge in [-0.1, -0.05) is 6.07 Å². The molecule has 0 radical (unpaired) electrons. The molecule has 0 bridgehead atoms. The summed E-state index contributed by atoms with van der Waals surface area (Å²) >= 11 is 0. The Morgan fingerprint density at radius 3 is 2.94 bits per heavy atom. The molecule has 0 fully saturated rings. The number of hydrogen-bond acceptors (Lipinski definition) is 4. The molecule has 0 aromatic carbocycles. The molecule has 88 valence electrons. The SMILES string of the molecule is CN1CCN=C1NCCc1ccccn1.I. The predicted octanol–water partition coefficient (Wildman–Crippen LogP) is 1.13. The van der Waals surface area contributed by atoms with Crippen LogP contribution in [0.15, 0.2) is 29.4 Å². The number of pyridine rings is 1. The number of aliphatic imine (C=N–C) groups is 1. The highest BCUT2D eigenvalue weighted by molar-refractivity contribution is 14.0. The van der Waals surface area contributed by atoms with Crippen molar-refractivity contribution in [3.63, 3.8) is 0 Å². The fraction of sp³-hybridized carbons (Fsp3) is 0.455. The third-order valence-electron chi connectivity index (χ3n) is 2.45. The summed E-state index contributed by atoms with van der Waals surface area (Å²) in [6, 6.07) is 6.00. The summed E-state index contributed by atoms with van der Waals surface area (Å²) in [6.45, 7) is 2.81. The summed E-state index contributed by atoms with van der Waals surface area (Å²) in [5.41, 5.74) is 1.12. The van der Waals surface area contributed by atoms with Gasteiger partial charge in [0.2, 0.25) is 0 Å². The molecular formula is C11H17IN4. The van der Waals surface area contributed by atoms with Crippen LogP contribution >= 0.6 is 24.0 Å². The van der Waals surface area contributed by atoms with Crippen molar-refractivity contribution in [2.24, 2.45) is 4.99 Å². The number of guanidine groups is 1. The third kappa shape index (κ3) is 3.62. The number of hydrogen-bond donors (Lipinski definition) is 1. The first-order chi connectivity index (χ1) is 7.36. The van der Waals surface area contributed by atoms with Crippen LogP contribution in [-0.2, 0) is 6.42 Å². The Hall–Kier alpha value is -0.850. The molecule has 0 aliphatic carbocycles. The van der Waals surface area contributed by atoms with Gasteiger partial charge in [0.05, 0.1) is 6.54 Å². The largest absolute Gasteiger partial charge is 0.356 e. The summed E-state index contributed by atoms with van der Waals surface area (Å²) in [5.74, 6) is 1.01. The minimum atomic E-state index is 0. The van der Waals surface area contributed by atoms with Crippen molar-refractivity contribution >= 4 is 29.9 Å². The Morgan fingerprint density at radius 2 is 2.31 bits per heavy atom. The van der Waals surface area contributed by atoms with Gasteiger partial charge in [-0.05, 0) is 12.1 Å². The van der Waals surface area contributed by atoms with Crippen molar-refractivity contribution in [2.75, 3.05) is 26.7 Å². The van der Waals surface area contributed by atoms with Crippen LogP contribution in [-0.4, -0.2) is 42.5 Å². The van der Waals surface area contributed by atoms with E-state index in [0.29, 0.717) is 0 Å². The molecule has 1 N–H and O–H groups in total. The maximum absolute atomic E-state index is 4.36. The highest BCUT2D eigenvalue weighted by Crippen LogP contribution is 1.96. The number of likely N-dealkylation sites (N-methyl/N-ethyl adjacent to an activating group) is 1. The summed E-state index contributed by atoms with van der Waals surface area (Å²) in [4.78, 5) is 10.8. The van der Waals surface area contributed by atoms with Crippen LogP contribution in [0.2, 0.25) is 0 Å². The lowest BCUT2D eigenvalue weighted by Gasteiger charge is -2.14. The van der Waals surface area contributed by atoms with E-state index in [2.05, 4.69) is 27.2 Å². The molecule has 1 aromatic rings. The molecule has 4 nitrogen and oxygen atoms in total. The maximum atomic E-state index is 4.36. The van der Waals surface area contributed by atoms with Gasteiger partial charge in [-0.15, -0.1) is 24.0 Å². The highest BCUT2D eigenvalue weighted by atomic mass is 127. The first-order valence-corrected chi connectivity index (χ1v) is 5.25. The number of rotatable bonds is 3. The lowest BCUT2D eigenvalue weighted by Crippen LogP contribution is -2.36. The molecule has 1 aliphatic rings. The van der Waals surface area contributed by atoms with Crippen LogP contribution in [0.25, 0.3) is 0 Å². The number of halogens is 1. The van der Waals surface area contributed by atoms with Crippen molar-refractivity contribution in [2.45, 2.75) is 6.42 Å². The lowest BCUT2D eigenvalue weighted by molar-refractivity contribution is 0.534. The van der Waals surface area contributed by atoms with Gasteiger partial charge in [0.1, 0.15) is 0 Å². The van der Waals surface area contributed by atoms with Crippen molar-refractivity contribution in [3.8, 4) is 0 Å². The second kappa shape index (κ2) is 6.67. The fourth-order valence-electron chi connectivity index (χ4n) is 1.57. The Labute approximate surface area is 113 Å². The van der Waals surface area contributed by atoms with Crippen molar-refractivity contribution in [1.82, 2.24) is 15.2 Å². The highest BCUT2D eigenvalue weighted by Gasteiger charge is 2.10. The molecule has 16 heavy (non-hydrogen) atoms. The van der Waals surface area contributed by atoms with Crippen LogP contribution in [0.5, 0.6) is 0 Å². The van der Waals surface area contributed by atoms with Gasteiger partial charge >= 0.3 is 0 Å². The Bertz CT molecular complexity index is 339. The second-order valence-corrected chi connectivity index (χ2v) is 3.62. The van der Waals surface area contributed by atoms with E-state index < -0.39 is 0 Å². The quantitative estimate of drug-likeness (QED) is 0.844. The third-order valence-corrected chi connectivity index (χ3v) is 2.45. The standard InChI is InChI=1S/C11H16N4.HI/c1-15-9-8-14-11(15)13-7-5-10-4-2-3-6-12-10;/h2-4,6H,5,7-9H2,1H3,(H,13,14);1H. The van der Waals surface area contributed by atoms with E-state index in [-0.39, 0.29) is 24.0 Å². The van der Waals surface area contributed by atoms with Gasteiger partial charge < -0.3 is 10.2 Å². The van der Waals surface area contributed by atoms with E-state index in [0.717, 1.165) is 37.7 Å². The lowest BCUT2D eigenvalue weighted by atomic mass is 10.3. The first-order valence-electron chi connectivity index (χ1n) is 5.25. The molecule has 1 aliphatic heterocycles. The van der Waals surface area contributed by atoms with Gasteiger partial charge in [-0.2, -0.15) is 0 Å². The molecule has 2 rings (SSSR count). The molecule has 0 atom stereocenters. The van der Waals surface area contributed by atoms with E-state index >= 15 is 0 Å². The van der Waals surface area contributed by atoms with Crippen LogP contribution in [0.1, 0.15) is 5.69 Å². The van der Waals surface area contributed by atoms with Gasteiger partial charge in [0.25, 0.3) is 0 Å². The smallest absolute Gasteiger partial charge is 0.193 e. The van der Waals surface area contributed by atoms with Crippen molar-refractivity contribution in [3.05, 3.63) is 30.1 Å². The molecule has 0 spiro atoms. The fourth-order valence-corrected chi connectivity index (χ4v) is 1.57. The van der Waals surface area contributed by atoms with E-state index in [1.165, 1.54) is 0 Å². The Balaban J connectivity index is 0.00000128. The average molecular weight is 332 g/mol.